The van der Waals surface area contributed by atoms with Crippen LogP contribution in [-0.4, -0.2) is 12.6 Å². The molecule has 0 heterocycles. The molecule has 70 valence electrons. The van der Waals surface area contributed by atoms with Crippen molar-refractivity contribution >= 4 is 0 Å². The van der Waals surface area contributed by atoms with E-state index in [1.165, 1.54) is 38.6 Å². The van der Waals surface area contributed by atoms with Crippen LogP contribution in [0.4, 0.5) is 0 Å². The zero-order chi connectivity index (χ0) is 8.60. The van der Waals surface area contributed by atoms with Crippen molar-refractivity contribution in [1.82, 2.24) is 5.32 Å². The third kappa shape index (κ3) is 1.82. The predicted molar refractivity (Wildman–Crippen MR) is 52.1 cm³/mol. The molecule has 2 rings (SSSR count). The van der Waals surface area contributed by atoms with E-state index in [2.05, 4.69) is 19.2 Å². The summed E-state index contributed by atoms with van der Waals surface area (Å²) in [5.74, 6) is 1.04. The summed E-state index contributed by atoms with van der Waals surface area (Å²) < 4.78 is 0. The van der Waals surface area contributed by atoms with Gasteiger partial charge in [-0.05, 0) is 43.4 Å². The highest BCUT2D eigenvalue weighted by atomic mass is 15.0. The van der Waals surface area contributed by atoms with Gasteiger partial charge in [-0.15, -0.1) is 0 Å². The number of hydrogen-bond acceptors (Lipinski definition) is 1. The summed E-state index contributed by atoms with van der Waals surface area (Å²) in [5.41, 5.74) is 0.614. The molecular weight excluding hydrogens is 146 g/mol. The molecule has 0 saturated heterocycles. The fraction of sp³-hybridized carbons (Fsp3) is 1.00. The summed E-state index contributed by atoms with van der Waals surface area (Å²) in [6.07, 6.45) is 7.15. The van der Waals surface area contributed by atoms with Crippen molar-refractivity contribution in [3.8, 4) is 0 Å². The van der Waals surface area contributed by atoms with Crippen molar-refractivity contribution in [2.24, 2.45) is 11.3 Å². The van der Waals surface area contributed by atoms with Crippen LogP contribution in [-0.2, 0) is 0 Å². The fourth-order valence-corrected chi connectivity index (χ4v) is 2.00. The van der Waals surface area contributed by atoms with E-state index < -0.39 is 0 Å². The normalized spacial score (nSPS) is 28.5. The lowest BCUT2D eigenvalue weighted by atomic mass is 9.82. The van der Waals surface area contributed by atoms with Gasteiger partial charge in [-0.2, -0.15) is 0 Å². The molecule has 1 nitrogen and oxygen atoms in total. The Morgan fingerprint density at radius 2 is 1.92 bits per heavy atom. The van der Waals surface area contributed by atoms with Crippen molar-refractivity contribution in [3.63, 3.8) is 0 Å². The Morgan fingerprint density at radius 1 is 1.25 bits per heavy atom. The van der Waals surface area contributed by atoms with E-state index in [1.54, 1.807) is 0 Å². The van der Waals surface area contributed by atoms with Crippen LogP contribution in [0, 0.1) is 11.3 Å². The Morgan fingerprint density at radius 3 is 2.33 bits per heavy atom. The highest BCUT2D eigenvalue weighted by molar-refractivity contribution is 4.93. The molecule has 0 radical (unpaired) electrons. The number of hydrogen-bond donors (Lipinski definition) is 1. The lowest BCUT2D eigenvalue weighted by molar-refractivity contribution is 0.246. The molecule has 0 spiro atoms. The van der Waals surface area contributed by atoms with Gasteiger partial charge in [0.15, 0.2) is 0 Å². The summed E-state index contributed by atoms with van der Waals surface area (Å²) in [6.45, 7) is 6.06. The first-order valence-electron chi connectivity index (χ1n) is 5.48. The first kappa shape index (κ1) is 8.55. The second-order valence-corrected chi connectivity index (χ2v) is 4.94. The zero-order valence-corrected chi connectivity index (χ0v) is 8.40. The molecule has 2 fully saturated rings. The van der Waals surface area contributed by atoms with Gasteiger partial charge in [-0.1, -0.05) is 13.8 Å². The Balaban J connectivity index is 1.78. The van der Waals surface area contributed by atoms with E-state index in [0.717, 1.165) is 12.0 Å². The smallest absolute Gasteiger partial charge is 0.00684 e. The van der Waals surface area contributed by atoms with Crippen molar-refractivity contribution in [3.05, 3.63) is 0 Å². The van der Waals surface area contributed by atoms with Gasteiger partial charge in [0.25, 0.3) is 0 Å². The van der Waals surface area contributed by atoms with Crippen molar-refractivity contribution < 1.29 is 0 Å². The van der Waals surface area contributed by atoms with Gasteiger partial charge in [0, 0.05) is 12.6 Å². The van der Waals surface area contributed by atoms with Crippen LogP contribution in [0.2, 0.25) is 0 Å². The van der Waals surface area contributed by atoms with E-state index in [-0.39, 0.29) is 0 Å². The molecule has 1 atom stereocenters. The molecule has 1 heteroatoms. The lowest BCUT2D eigenvalue weighted by Gasteiger charge is -2.28. The molecule has 0 aromatic rings. The summed E-state index contributed by atoms with van der Waals surface area (Å²) in [7, 11) is 0. The minimum absolute atomic E-state index is 0.614. The molecule has 12 heavy (non-hydrogen) atoms. The summed E-state index contributed by atoms with van der Waals surface area (Å²) in [5, 5.41) is 3.67. The first-order chi connectivity index (χ1) is 5.74. The van der Waals surface area contributed by atoms with E-state index in [4.69, 9.17) is 0 Å². The molecular formula is C11H21N. The van der Waals surface area contributed by atoms with Crippen molar-refractivity contribution in [1.29, 1.82) is 0 Å². The van der Waals surface area contributed by atoms with E-state index in [1.807, 2.05) is 0 Å². The average molecular weight is 167 g/mol. The largest absolute Gasteiger partial charge is 0.313 e. The molecule has 2 aliphatic rings. The average Bonchev–Trinajstić information content (AvgIpc) is 2.88. The van der Waals surface area contributed by atoms with Crippen LogP contribution in [0.15, 0.2) is 0 Å². The summed E-state index contributed by atoms with van der Waals surface area (Å²) >= 11 is 0. The monoisotopic (exact) mass is 167 g/mol. The van der Waals surface area contributed by atoms with Gasteiger partial charge >= 0.3 is 0 Å². The highest BCUT2D eigenvalue weighted by Crippen LogP contribution is 2.47. The fourth-order valence-electron chi connectivity index (χ4n) is 2.00. The Hall–Kier alpha value is -0.0400. The minimum atomic E-state index is 0.614. The molecule has 1 N–H and O–H groups in total. The maximum absolute atomic E-state index is 3.67. The van der Waals surface area contributed by atoms with Crippen molar-refractivity contribution in [2.45, 2.75) is 52.0 Å². The topological polar surface area (TPSA) is 12.0 Å². The molecule has 0 aromatic carbocycles. The molecule has 1 unspecified atom stereocenters. The van der Waals surface area contributed by atoms with Crippen LogP contribution < -0.4 is 5.32 Å². The second-order valence-electron chi connectivity index (χ2n) is 4.94. The standard InChI is InChI=1S/C11H21N/c1-3-11(2,9-4-5-9)8-12-10-6-7-10/h9-10,12H,3-8H2,1-2H3. The molecule has 2 aliphatic carbocycles. The molecule has 0 aromatic heterocycles. The summed E-state index contributed by atoms with van der Waals surface area (Å²) in [6, 6.07) is 0.884. The Labute approximate surface area is 75.9 Å². The van der Waals surface area contributed by atoms with Crippen LogP contribution >= 0.6 is 0 Å². The van der Waals surface area contributed by atoms with E-state index >= 15 is 0 Å². The quantitative estimate of drug-likeness (QED) is 0.663. The Kier molecular flexibility index (Phi) is 2.16. The Bertz CT molecular complexity index is 158. The zero-order valence-electron chi connectivity index (χ0n) is 8.40. The number of rotatable bonds is 5. The van der Waals surface area contributed by atoms with E-state index in [9.17, 15) is 0 Å². The van der Waals surface area contributed by atoms with Crippen LogP contribution in [0.25, 0.3) is 0 Å². The van der Waals surface area contributed by atoms with Crippen LogP contribution in [0.3, 0.4) is 0 Å². The van der Waals surface area contributed by atoms with Gasteiger partial charge in [0.05, 0.1) is 0 Å². The third-order valence-electron chi connectivity index (χ3n) is 3.74. The highest BCUT2D eigenvalue weighted by Gasteiger charge is 2.40. The first-order valence-corrected chi connectivity index (χ1v) is 5.48. The molecule has 0 amide bonds. The maximum atomic E-state index is 3.67. The molecule has 0 bridgehead atoms. The maximum Gasteiger partial charge on any atom is 0.00684 e. The second kappa shape index (κ2) is 3.02. The molecule has 0 aliphatic heterocycles. The van der Waals surface area contributed by atoms with Crippen LogP contribution in [0.1, 0.15) is 46.0 Å². The third-order valence-corrected chi connectivity index (χ3v) is 3.74. The van der Waals surface area contributed by atoms with Gasteiger partial charge in [0.1, 0.15) is 0 Å². The van der Waals surface area contributed by atoms with E-state index in [0.29, 0.717) is 5.41 Å². The SMILES string of the molecule is CCC(C)(CNC1CC1)C1CC1. The van der Waals surface area contributed by atoms with Gasteiger partial charge in [-0.25, -0.2) is 0 Å². The van der Waals surface area contributed by atoms with Gasteiger partial charge in [0.2, 0.25) is 0 Å². The van der Waals surface area contributed by atoms with Crippen molar-refractivity contribution in [2.75, 3.05) is 6.54 Å². The van der Waals surface area contributed by atoms with Crippen LogP contribution in [0.5, 0.6) is 0 Å². The van der Waals surface area contributed by atoms with Gasteiger partial charge < -0.3 is 5.32 Å². The summed E-state index contributed by atoms with van der Waals surface area (Å²) in [4.78, 5) is 0. The van der Waals surface area contributed by atoms with Gasteiger partial charge in [-0.3, -0.25) is 0 Å². The lowest BCUT2D eigenvalue weighted by Crippen LogP contribution is -2.34. The predicted octanol–water partition coefficient (Wildman–Crippen LogP) is 2.56. The number of nitrogens with one attached hydrogen (secondary N) is 1. The minimum Gasteiger partial charge on any atom is -0.313 e. The molecule has 2 saturated carbocycles.